The van der Waals surface area contributed by atoms with Crippen LogP contribution in [0.2, 0.25) is 0 Å². The van der Waals surface area contributed by atoms with Crippen molar-refractivity contribution < 1.29 is 23.1 Å². The molecule has 0 unspecified atom stereocenters. The Kier molecular flexibility index (Phi) is 5.15. The van der Waals surface area contributed by atoms with Gasteiger partial charge >= 0.3 is 6.18 Å². The molecule has 2 N–H and O–H groups in total. The van der Waals surface area contributed by atoms with Crippen molar-refractivity contribution in [2.45, 2.75) is 20.0 Å². The van der Waals surface area contributed by atoms with Crippen LogP contribution in [-0.4, -0.2) is 20.8 Å². The number of carbonyl (C=O) groups excluding carboxylic acids is 1. The van der Waals surface area contributed by atoms with Crippen molar-refractivity contribution in [2.24, 2.45) is 0 Å². The lowest BCUT2D eigenvalue weighted by Gasteiger charge is -2.16. The van der Waals surface area contributed by atoms with Gasteiger partial charge in [0.15, 0.2) is 5.69 Å². The average Bonchev–Trinajstić information content (AvgIpc) is 2.63. The van der Waals surface area contributed by atoms with Gasteiger partial charge in [0.1, 0.15) is 5.75 Å². The summed E-state index contributed by atoms with van der Waals surface area (Å²) in [4.78, 5) is 24.8. The Balaban J connectivity index is 2.08. The largest absolute Gasteiger partial charge is 0.506 e. The SMILES string of the molecule is Cc1ccc(NC(=O)c2nn(-c3ccccc3C(F)(F)F)c(C)cc2=O)c(O)c1. The zero-order valence-corrected chi connectivity index (χ0v) is 15.4. The number of hydrogen-bond donors (Lipinski definition) is 2. The molecule has 150 valence electrons. The van der Waals surface area contributed by atoms with E-state index in [2.05, 4.69) is 10.4 Å². The molecule has 29 heavy (non-hydrogen) atoms. The molecule has 0 aliphatic carbocycles. The van der Waals surface area contributed by atoms with Crippen LogP contribution < -0.4 is 10.7 Å². The zero-order chi connectivity index (χ0) is 21.3. The number of halogens is 3. The first-order chi connectivity index (χ1) is 13.6. The number of para-hydroxylation sites is 1. The molecule has 1 aromatic heterocycles. The number of hydrogen-bond acceptors (Lipinski definition) is 4. The number of aromatic hydroxyl groups is 1. The Morgan fingerprint density at radius 2 is 1.79 bits per heavy atom. The second-order valence-corrected chi connectivity index (χ2v) is 6.40. The molecule has 2 aromatic carbocycles. The molecule has 0 aliphatic heterocycles. The summed E-state index contributed by atoms with van der Waals surface area (Å²) in [6.07, 6.45) is -4.65. The molecule has 0 aliphatic rings. The molecular formula is C20H16F3N3O3. The standard InChI is InChI=1S/C20H16F3N3O3/c1-11-7-8-14(16(27)9-11)24-19(29)18-17(28)10-12(2)26(25-18)15-6-4-3-5-13(15)20(21,22)23/h3-10,27H,1-2H3,(H,24,29). The van der Waals surface area contributed by atoms with Gasteiger partial charge in [-0.15, -0.1) is 0 Å². The Hall–Kier alpha value is -3.62. The van der Waals surface area contributed by atoms with E-state index in [4.69, 9.17) is 0 Å². The fraction of sp³-hybridized carbons (Fsp3) is 0.150. The smallest absolute Gasteiger partial charge is 0.418 e. The van der Waals surface area contributed by atoms with Crippen LogP contribution in [0.25, 0.3) is 5.69 Å². The Labute approximate surface area is 163 Å². The van der Waals surface area contributed by atoms with E-state index < -0.39 is 28.8 Å². The van der Waals surface area contributed by atoms with Crippen LogP contribution in [0.4, 0.5) is 18.9 Å². The van der Waals surface area contributed by atoms with Crippen molar-refractivity contribution in [1.82, 2.24) is 9.78 Å². The lowest BCUT2D eigenvalue weighted by atomic mass is 10.1. The maximum absolute atomic E-state index is 13.4. The summed E-state index contributed by atoms with van der Waals surface area (Å²) in [6.45, 7) is 3.15. The molecule has 0 bridgehead atoms. The van der Waals surface area contributed by atoms with Crippen LogP contribution in [-0.2, 0) is 6.18 Å². The van der Waals surface area contributed by atoms with E-state index >= 15 is 0 Å². The van der Waals surface area contributed by atoms with Crippen molar-refractivity contribution in [3.05, 3.63) is 81.3 Å². The number of carbonyl (C=O) groups is 1. The Bertz CT molecular complexity index is 1150. The summed E-state index contributed by atoms with van der Waals surface area (Å²) in [5.41, 5.74) is -1.71. The van der Waals surface area contributed by atoms with Gasteiger partial charge in [-0.3, -0.25) is 9.59 Å². The van der Waals surface area contributed by atoms with Gasteiger partial charge in [0.2, 0.25) is 5.43 Å². The van der Waals surface area contributed by atoms with E-state index in [1.165, 1.54) is 37.3 Å². The van der Waals surface area contributed by atoms with Gasteiger partial charge in [0.05, 0.1) is 16.9 Å². The molecule has 1 amide bonds. The highest BCUT2D eigenvalue weighted by atomic mass is 19.4. The third-order valence-corrected chi connectivity index (χ3v) is 4.16. The normalized spacial score (nSPS) is 11.3. The van der Waals surface area contributed by atoms with E-state index in [0.717, 1.165) is 22.4 Å². The third kappa shape index (κ3) is 4.13. The molecule has 0 saturated carbocycles. The van der Waals surface area contributed by atoms with Gasteiger partial charge < -0.3 is 10.4 Å². The third-order valence-electron chi connectivity index (χ3n) is 4.16. The van der Waals surface area contributed by atoms with Gasteiger partial charge in [-0.05, 0) is 43.7 Å². The van der Waals surface area contributed by atoms with Crippen LogP contribution in [0, 0.1) is 13.8 Å². The number of nitrogens with zero attached hydrogens (tertiary/aromatic N) is 2. The number of aromatic nitrogens is 2. The van der Waals surface area contributed by atoms with Gasteiger partial charge in [0.25, 0.3) is 5.91 Å². The summed E-state index contributed by atoms with van der Waals surface area (Å²) in [5.74, 6) is -1.17. The summed E-state index contributed by atoms with van der Waals surface area (Å²) in [6, 6.07) is 10.2. The van der Waals surface area contributed by atoms with Crippen molar-refractivity contribution in [3.8, 4) is 11.4 Å². The number of phenolic OH excluding ortho intramolecular Hbond substituents is 1. The highest BCUT2D eigenvalue weighted by Crippen LogP contribution is 2.33. The number of nitrogens with one attached hydrogen (secondary N) is 1. The fourth-order valence-electron chi connectivity index (χ4n) is 2.78. The molecule has 1 heterocycles. The first-order valence-electron chi connectivity index (χ1n) is 8.46. The Morgan fingerprint density at radius 3 is 2.45 bits per heavy atom. The van der Waals surface area contributed by atoms with Crippen LogP contribution >= 0.6 is 0 Å². The summed E-state index contributed by atoms with van der Waals surface area (Å²) >= 11 is 0. The van der Waals surface area contributed by atoms with Crippen LogP contribution in [0.1, 0.15) is 27.3 Å². The maximum Gasteiger partial charge on any atom is 0.418 e. The Morgan fingerprint density at radius 1 is 1.10 bits per heavy atom. The highest BCUT2D eigenvalue weighted by Gasteiger charge is 2.34. The van der Waals surface area contributed by atoms with Gasteiger partial charge in [-0.25, -0.2) is 4.68 Å². The molecule has 9 heteroatoms. The minimum absolute atomic E-state index is 0.0459. The topological polar surface area (TPSA) is 84.2 Å². The maximum atomic E-state index is 13.4. The number of rotatable bonds is 3. The van der Waals surface area contributed by atoms with E-state index in [9.17, 15) is 27.9 Å². The molecule has 3 rings (SSSR count). The molecule has 6 nitrogen and oxygen atoms in total. The predicted octanol–water partition coefficient (Wildman–Crippen LogP) is 3.83. The number of amides is 1. The van der Waals surface area contributed by atoms with Crippen molar-refractivity contribution in [3.63, 3.8) is 0 Å². The summed E-state index contributed by atoms with van der Waals surface area (Å²) < 4.78 is 41.0. The quantitative estimate of drug-likeness (QED) is 0.651. The minimum Gasteiger partial charge on any atom is -0.506 e. The van der Waals surface area contributed by atoms with Crippen molar-refractivity contribution >= 4 is 11.6 Å². The zero-order valence-electron chi connectivity index (χ0n) is 15.4. The van der Waals surface area contributed by atoms with Gasteiger partial charge in [-0.2, -0.15) is 18.3 Å². The molecule has 0 spiro atoms. The molecule has 0 atom stereocenters. The number of anilines is 1. The van der Waals surface area contributed by atoms with Crippen LogP contribution in [0.15, 0.2) is 53.3 Å². The molecule has 3 aromatic rings. The molecule has 0 fully saturated rings. The van der Waals surface area contributed by atoms with E-state index in [1.807, 2.05) is 0 Å². The summed E-state index contributed by atoms with van der Waals surface area (Å²) in [7, 11) is 0. The molecule has 0 radical (unpaired) electrons. The summed E-state index contributed by atoms with van der Waals surface area (Å²) in [5, 5.41) is 16.1. The molecular weight excluding hydrogens is 387 g/mol. The number of aryl methyl sites for hydroxylation is 2. The number of benzene rings is 2. The average molecular weight is 403 g/mol. The van der Waals surface area contributed by atoms with E-state index in [-0.39, 0.29) is 22.8 Å². The van der Waals surface area contributed by atoms with Gasteiger partial charge in [0, 0.05) is 11.8 Å². The monoisotopic (exact) mass is 403 g/mol. The second kappa shape index (κ2) is 7.42. The van der Waals surface area contributed by atoms with Crippen molar-refractivity contribution in [2.75, 3.05) is 5.32 Å². The fourth-order valence-corrected chi connectivity index (χ4v) is 2.78. The minimum atomic E-state index is -4.65. The van der Waals surface area contributed by atoms with E-state index in [0.29, 0.717) is 0 Å². The lowest BCUT2D eigenvalue weighted by molar-refractivity contribution is -0.137. The van der Waals surface area contributed by atoms with Gasteiger partial charge in [-0.1, -0.05) is 18.2 Å². The van der Waals surface area contributed by atoms with Crippen LogP contribution in [0.5, 0.6) is 5.75 Å². The number of phenols is 1. The molecule has 0 saturated heterocycles. The first kappa shape index (κ1) is 20.1. The van der Waals surface area contributed by atoms with Crippen LogP contribution in [0.3, 0.4) is 0 Å². The lowest BCUT2D eigenvalue weighted by Crippen LogP contribution is -2.27. The second-order valence-electron chi connectivity index (χ2n) is 6.40. The predicted molar refractivity (Wildman–Crippen MR) is 100 cm³/mol. The first-order valence-corrected chi connectivity index (χ1v) is 8.46. The highest BCUT2D eigenvalue weighted by molar-refractivity contribution is 6.03. The number of alkyl halides is 3. The van der Waals surface area contributed by atoms with Crippen molar-refractivity contribution in [1.29, 1.82) is 0 Å². The van der Waals surface area contributed by atoms with E-state index in [1.54, 1.807) is 13.0 Å².